The number of alkyl carbamates (subject to hydrolysis) is 1. The standard InChI is InChI=1S/C39H55N7O6S/c1-7-25(3)34(32-20-40-38(50)46(32)22-30-24-53-27(5)41-30)36(48)42-31(19-28-15-11-9-12-16-28)33(47)23-45(21-29-17-13-10-14-18-29)44-37(49)35(26(4)8-2)43-39(51)52-6/h9-18,24-26,31-35,47H,7-8,19-23H2,1-6H3,(H,40,50)(H,42,48)(H,43,51)(H,44,49). The van der Waals surface area contributed by atoms with Crippen molar-refractivity contribution >= 4 is 35.3 Å². The fraction of sp³-hybridized carbons (Fsp3) is 0.513. The summed E-state index contributed by atoms with van der Waals surface area (Å²) in [5.41, 5.74) is 5.50. The molecule has 5 amide bonds. The maximum atomic E-state index is 14.5. The molecule has 1 aromatic heterocycles. The third kappa shape index (κ3) is 11.7. The Bertz CT molecular complexity index is 1630. The molecular formula is C39H55N7O6S. The summed E-state index contributed by atoms with van der Waals surface area (Å²) in [7, 11) is 1.24. The number of hydrazine groups is 1. The Balaban J connectivity index is 1.61. The van der Waals surface area contributed by atoms with E-state index in [0.29, 0.717) is 25.8 Å². The van der Waals surface area contributed by atoms with Crippen molar-refractivity contribution < 1.29 is 29.0 Å². The van der Waals surface area contributed by atoms with Gasteiger partial charge in [-0.3, -0.25) is 15.0 Å². The van der Waals surface area contributed by atoms with Crippen LogP contribution in [0, 0.1) is 24.7 Å². The van der Waals surface area contributed by atoms with Gasteiger partial charge < -0.3 is 30.7 Å². The van der Waals surface area contributed by atoms with Crippen LogP contribution in [0.5, 0.6) is 0 Å². The third-order valence-corrected chi connectivity index (χ3v) is 10.9. The summed E-state index contributed by atoms with van der Waals surface area (Å²) < 4.78 is 4.79. The Morgan fingerprint density at radius 2 is 1.64 bits per heavy atom. The van der Waals surface area contributed by atoms with Crippen LogP contribution >= 0.6 is 11.3 Å². The van der Waals surface area contributed by atoms with Crippen LogP contribution in [0.25, 0.3) is 0 Å². The molecule has 13 nitrogen and oxygen atoms in total. The van der Waals surface area contributed by atoms with Crippen LogP contribution in [0.1, 0.15) is 62.4 Å². The average molecular weight is 750 g/mol. The molecule has 0 aliphatic carbocycles. The summed E-state index contributed by atoms with van der Waals surface area (Å²) in [5, 5.41) is 25.2. The van der Waals surface area contributed by atoms with Gasteiger partial charge in [0.15, 0.2) is 0 Å². The number of ether oxygens (including phenoxy) is 1. The molecule has 7 atom stereocenters. The van der Waals surface area contributed by atoms with Crippen LogP contribution in [0.2, 0.25) is 0 Å². The van der Waals surface area contributed by atoms with Gasteiger partial charge in [-0.15, -0.1) is 11.3 Å². The molecule has 4 rings (SSSR count). The van der Waals surface area contributed by atoms with Crippen molar-refractivity contribution in [3.05, 3.63) is 87.9 Å². The monoisotopic (exact) mass is 749 g/mol. The highest BCUT2D eigenvalue weighted by atomic mass is 32.1. The van der Waals surface area contributed by atoms with Crippen molar-refractivity contribution in [3.8, 4) is 0 Å². The molecule has 53 heavy (non-hydrogen) atoms. The lowest BCUT2D eigenvalue weighted by atomic mass is 9.83. The van der Waals surface area contributed by atoms with Crippen molar-refractivity contribution in [2.45, 2.75) is 91.2 Å². The molecule has 2 heterocycles. The number of aliphatic hydroxyl groups is 1. The molecule has 0 spiro atoms. The zero-order valence-electron chi connectivity index (χ0n) is 31.6. The van der Waals surface area contributed by atoms with Gasteiger partial charge in [-0.1, -0.05) is 101 Å². The zero-order valence-corrected chi connectivity index (χ0v) is 32.4. The third-order valence-electron chi connectivity index (χ3n) is 10.0. The second kappa shape index (κ2) is 20.1. The first kappa shape index (κ1) is 41.2. The quantitative estimate of drug-likeness (QED) is 0.113. The van der Waals surface area contributed by atoms with E-state index in [4.69, 9.17) is 4.74 Å². The van der Waals surface area contributed by atoms with E-state index in [9.17, 15) is 24.3 Å². The topological polar surface area (TPSA) is 165 Å². The molecule has 14 heteroatoms. The van der Waals surface area contributed by atoms with Gasteiger partial charge in [-0.2, -0.15) is 0 Å². The number of nitrogens with one attached hydrogen (secondary N) is 4. The first-order valence-electron chi connectivity index (χ1n) is 18.4. The van der Waals surface area contributed by atoms with E-state index in [2.05, 4.69) is 26.4 Å². The summed E-state index contributed by atoms with van der Waals surface area (Å²) in [6.45, 7) is 10.5. The van der Waals surface area contributed by atoms with Gasteiger partial charge in [0.2, 0.25) is 5.91 Å². The van der Waals surface area contributed by atoms with Gasteiger partial charge in [-0.25, -0.2) is 19.6 Å². The number of thiazole rings is 1. The van der Waals surface area contributed by atoms with Crippen LogP contribution in [0.3, 0.4) is 0 Å². The summed E-state index contributed by atoms with van der Waals surface area (Å²) in [4.78, 5) is 59.8. The number of amides is 5. The molecule has 1 aliphatic rings. The minimum Gasteiger partial charge on any atom is -0.453 e. The number of aliphatic hydroxyl groups excluding tert-OH is 1. The van der Waals surface area contributed by atoms with Gasteiger partial charge in [0.25, 0.3) is 5.91 Å². The Kier molecular flexibility index (Phi) is 15.6. The molecule has 3 aromatic rings. The predicted octanol–water partition coefficient (Wildman–Crippen LogP) is 4.40. The highest BCUT2D eigenvalue weighted by Crippen LogP contribution is 2.28. The number of hydrogen-bond donors (Lipinski definition) is 5. The molecule has 1 saturated heterocycles. The van der Waals surface area contributed by atoms with Gasteiger partial charge in [-0.05, 0) is 36.3 Å². The summed E-state index contributed by atoms with van der Waals surface area (Å²) >= 11 is 1.51. The summed E-state index contributed by atoms with van der Waals surface area (Å²) in [5.74, 6) is -1.60. The number of hydrogen-bond acceptors (Lipinski definition) is 9. The van der Waals surface area contributed by atoms with E-state index in [1.807, 2.05) is 101 Å². The fourth-order valence-electron chi connectivity index (χ4n) is 6.64. The van der Waals surface area contributed by atoms with Crippen LogP contribution < -0.4 is 21.4 Å². The number of aryl methyl sites for hydroxylation is 1. The molecule has 0 bridgehead atoms. The molecule has 5 N–H and O–H groups in total. The number of carbonyl (C=O) groups is 4. The molecule has 7 unspecified atom stereocenters. The number of aromatic nitrogens is 1. The van der Waals surface area contributed by atoms with E-state index in [1.165, 1.54) is 18.4 Å². The zero-order chi connectivity index (χ0) is 38.5. The van der Waals surface area contributed by atoms with Gasteiger partial charge in [0.1, 0.15) is 6.04 Å². The average Bonchev–Trinajstić information content (AvgIpc) is 3.74. The van der Waals surface area contributed by atoms with Crippen LogP contribution in [0.4, 0.5) is 9.59 Å². The van der Waals surface area contributed by atoms with Crippen molar-refractivity contribution in [1.29, 1.82) is 0 Å². The SMILES string of the molecule is CCC(C)C(NC(=O)OC)C(=O)NN(Cc1ccccc1)CC(O)C(Cc1ccccc1)NC(=O)C(C(C)CC)C1CNC(=O)N1Cc1csc(C)n1. The second-order valence-corrected chi connectivity index (χ2v) is 14.9. The Morgan fingerprint density at radius 3 is 2.23 bits per heavy atom. The van der Waals surface area contributed by atoms with Crippen molar-refractivity contribution in [2.75, 3.05) is 20.2 Å². The lowest BCUT2D eigenvalue weighted by Gasteiger charge is -2.36. The largest absolute Gasteiger partial charge is 0.453 e. The van der Waals surface area contributed by atoms with E-state index in [-0.39, 0.29) is 43.4 Å². The maximum absolute atomic E-state index is 14.5. The Labute approximate surface area is 316 Å². The molecule has 2 aromatic carbocycles. The number of urea groups is 1. The maximum Gasteiger partial charge on any atom is 0.407 e. The molecule has 1 aliphatic heterocycles. The fourth-order valence-corrected chi connectivity index (χ4v) is 7.24. The van der Waals surface area contributed by atoms with Crippen LogP contribution in [-0.4, -0.2) is 88.4 Å². The number of methoxy groups -OCH3 is 1. The Hall–Kier alpha value is -4.53. The molecule has 1 fully saturated rings. The first-order chi connectivity index (χ1) is 25.4. The van der Waals surface area contributed by atoms with Gasteiger partial charge >= 0.3 is 12.1 Å². The first-order valence-corrected chi connectivity index (χ1v) is 19.2. The van der Waals surface area contributed by atoms with Crippen molar-refractivity contribution in [1.82, 2.24) is 36.3 Å². The minimum atomic E-state index is -1.14. The van der Waals surface area contributed by atoms with E-state index in [0.717, 1.165) is 21.8 Å². The van der Waals surface area contributed by atoms with Crippen molar-refractivity contribution in [2.24, 2.45) is 17.8 Å². The Morgan fingerprint density at radius 1 is 1.00 bits per heavy atom. The lowest BCUT2D eigenvalue weighted by molar-refractivity contribution is -0.132. The molecular weight excluding hydrogens is 695 g/mol. The van der Waals surface area contributed by atoms with E-state index >= 15 is 0 Å². The number of nitrogens with zero attached hydrogens (tertiary/aromatic N) is 3. The lowest BCUT2D eigenvalue weighted by Crippen LogP contribution is -2.58. The van der Waals surface area contributed by atoms with Gasteiger partial charge in [0, 0.05) is 25.0 Å². The highest BCUT2D eigenvalue weighted by Gasteiger charge is 2.43. The highest BCUT2D eigenvalue weighted by molar-refractivity contribution is 7.09. The molecule has 288 valence electrons. The van der Waals surface area contributed by atoms with Crippen LogP contribution in [-0.2, 0) is 33.8 Å². The summed E-state index contributed by atoms with van der Waals surface area (Å²) in [6.07, 6.45) is -0.229. The number of benzene rings is 2. The number of carbonyl (C=O) groups excluding carboxylic acids is 4. The smallest absolute Gasteiger partial charge is 0.407 e. The minimum absolute atomic E-state index is 0.0450. The van der Waals surface area contributed by atoms with Gasteiger partial charge in [0.05, 0.1) is 48.5 Å². The predicted molar refractivity (Wildman–Crippen MR) is 204 cm³/mol. The van der Waals surface area contributed by atoms with Crippen LogP contribution in [0.15, 0.2) is 66.0 Å². The number of rotatable bonds is 19. The molecule has 0 radical (unpaired) electrons. The second-order valence-electron chi connectivity index (χ2n) is 13.9. The van der Waals surface area contributed by atoms with E-state index in [1.54, 1.807) is 9.91 Å². The summed E-state index contributed by atoms with van der Waals surface area (Å²) in [6, 6.07) is 16.8. The van der Waals surface area contributed by atoms with Crippen molar-refractivity contribution in [3.63, 3.8) is 0 Å². The normalized spacial score (nSPS) is 17.6. The van der Waals surface area contributed by atoms with E-state index < -0.39 is 42.1 Å². The molecule has 0 saturated carbocycles.